The number of benzene rings is 2. The van der Waals surface area contributed by atoms with Crippen LogP contribution in [0.15, 0.2) is 53.7 Å². The van der Waals surface area contributed by atoms with E-state index in [4.69, 9.17) is 17.0 Å². The Bertz CT molecular complexity index is 1210. The maximum absolute atomic E-state index is 12.0. The zero-order chi connectivity index (χ0) is 22.8. The van der Waals surface area contributed by atoms with E-state index >= 15 is 0 Å². The topological polar surface area (TPSA) is 62.6 Å². The molecule has 0 radical (unpaired) electrons. The summed E-state index contributed by atoms with van der Waals surface area (Å²) >= 11 is 6.37. The van der Waals surface area contributed by atoms with Crippen molar-refractivity contribution in [2.45, 2.75) is 0 Å². The van der Waals surface area contributed by atoms with Crippen molar-refractivity contribution in [1.82, 2.24) is 19.8 Å². The van der Waals surface area contributed by atoms with Crippen molar-refractivity contribution >= 4 is 57.0 Å². The van der Waals surface area contributed by atoms with Crippen molar-refractivity contribution < 1.29 is 9.53 Å². The normalized spacial score (nSPS) is 18.5. The lowest BCUT2D eigenvalue weighted by atomic mass is 10.1. The Labute approximate surface area is 202 Å². The van der Waals surface area contributed by atoms with Crippen LogP contribution in [0, 0.1) is 0 Å². The van der Waals surface area contributed by atoms with Crippen LogP contribution in [0.3, 0.4) is 0 Å². The first-order valence-electron chi connectivity index (χ1n) is 10.9. The minimum Gasteiger partial charge on any atom is -0.383 e. The average Bonchev–Trinajstić information content (AvgIpc) is 3.40. The van der Waals surface area contributed by atoms with E-state index < -0.39 is 0 Å². The molecule has 3 aromatic rings. The summed E-state index contributed by atoms with van der Waals surface area (Å²) in [5, 5.41) is 2.66. The highest BCUT2D eigenvalue weighted by atomic mass is 32.2. The fourth-order valence-corrected chi connectivity index (χ4v) is 5.21. The number of hydrogen-bond donors (Lipinski definition) is 1. The summed E-state index contributed by atoms with van der Waals surface area (Å²) in [4.78, 5) is 22.0. The molecule has 0 bridgehead atoms. The van der Waals surface area contributed by atoms with Crippen LogP contribution in [-0.2, 0) is 9.53 Å². The van der Waals surface area contributed by atoms with Crippen molar-refractivity contribution in [2.24, 2.45) is 0 Å². The lowest BCUT2D eigenvalue weighted by Crippen LogP contribution is -2.47. The highest BCUT2D eigenvalue weighted by Crippen LogP contribution is 2.28. The molecule has 0 spiro atoms. The highest BCUT2D eigenvalue weighted by Gasteiger charge is 2.22. The molecular weight excluding hydrogens is 454 g/mol. The average molecular weight is 480 g/mol. The third-order valence-corrected chi connectivity index (χ3v) is 7.15. The Morgan fingerprint density at radius 3 is 2.58 bits per heavy atom. The Morgan fingerprint density at radius 2 is 1.88 bits per heavy atom. The Balaban J connectivity index is 1.34. The molecule has 0 unspecified atom stereocenters. The summed E-state index contributed by atoms with van der Waals surface area (Å²) < 4.78 is 7.77. The predicted molar refractivity (Wildman–Crippen MR) is 138 cm³/mol. The van der Waals surface area contributed by atoms with Gasteiger partial charge in [0.25, 0.3) is 5.91 Å². The fraction of sp³-hybridized carbons (Fsp3) is 0.292. The van der Waals surface area contributed by atoms with Crippen molar-refractivity contribution in [3.05, 3.63) is 59.3 Å². The van der Waals surface area contributed by atoms with Crippen LogP contribution in [0.4, 0.5) is 5.69 Å². The molecule has 1 aromatic heterocycles. The molecule has 2 saturated heterocycles. The highest BCUT2D eigenvalue weighted by molar-refractivity contribution is 8.26. The van der Waals surface area contributed by atoms with E-state index in [0.717, 1.165) is 61.6 Å². The van der Waals surface area contributed by atoms with Gasteiger partial charge < -0.3 is 15.0 Å². The number of hydrogen-bond acceptors (Lipinski definition) is 7. The van der Waals surface area contributed by atoms with Crippen molar-refractivity contribution in [3.63, 3.8) is 0 Å². The van der Waals surface area contributed by atoms with Gasteiger partial charge in [-0.05, 0) is 48.0 Å². The molecular formula is C24H25N5O2S2. The van der Waals surface area contributed by atoms with Crippen molar-refractivity contribution in [3.8, 4) is 5.69 Å². The lowest BCUT2D eigenvalue weighted by molar-refractivity contribution is -0.115. The number of nitrogens with zero attached hydrogens (tertiary/aromatic N) is 4. The zero-order valence-electron chi connectivity index (χ0n) is 18.4. The number of ether oxygens (including phenoxy) is 1. The van der Waals surface area contributed by atoms with Crippen molar-refractivity contribution in [2.75, 3.05) is 51.3 Å². The van der Waals surface area contributed by atoms with E-state index in [1.54, 1.807) is 7.11 Å². The fourth-order valence-electron chi connectivity index (χ4n) is 4.17. The molecule has 2 fully saturated rings. The molecule has 7 nitrogen and oxygen atoms in total. The van der Waals surface area contributed by atoms with Crippen LogP contribution in [0.5, 0.6) is 0 Å². The van der Waals surface area contributed by atoms with Crippen LogP contribution >= 0.6 is 24.0 Å². The molecule has 5 rings (SSSR count). The predicted octanol–water partition coefficient (Wildman–Crippen LogP) is 3.28. The van der Waals surface area contributed by atoms with Crippen LogP contribution < -0.4 is 10.2 Å². The zero-order valence-corrected chi connectivity index (χ0v) is 20.0. The number of rotatable bonds is 6. The van der Waals surface area contributed by atoms with Gasteiger partial charge in [0.15, 0.2) is 0 Å². The number of amides is 1. The molecule has 0 saturated carbocycles. The molecule has 1 N–H and O–H groups in total. The number of carbonyl (C=O) groups is 1. The molecule has 170 valence electrons. The minimum atomic E-state index is -0.145. The molecule has 2 aromatic carbocycles. The number of carbonyl (C=O) groups excluding carboxylic acids is 1. The first kappa shape index (κ1) is 22.1. The quantitative estimate of drug-likeness (QED) is 0.430. The maximum atomic E-state index is 12.0. The van der Waals surface area contributed by atoms with Gasteiger partial charge in [-0.1, -0.05) is 30.0 Å². The second-order valence-electron chi connectivity index (χ2n) is 8.05. The van der Waals surface area contributed by atoms with Gasteiger partial charge in [0.2, 0.25) is 0 Å². The van der Waals surface area contributed by atoms with E-state index in [9.17, 15) is 4.79 Å². The number of nitrogens with one attached hydrogen (secondary N) is 1. The van der Waals surface area contributed by atoms with Gasteiger partial charge in [-0.2, -0.15) is 0 Å². The number of fused-ring (bicyclic) bond motifs is 1. The Morgan fingerprint density at radius 1 is 1.12 bits per heavy atom. The van der Waals surface area contributed by atoms with E-state index in [2.05, 4.69) is 55.0 Å². The van der Waals surface area contributed by atoms with Gasteiger partial charge in [0.1, 0.15) is 10.6 Å². The first-order valence-corrected chi connectivity index (χ1v) is 12.1. The van der Waals surface area contributed by atoms with Crippen LogP contribution in [0.25, 0.3) is 22.8 Å². The summed E-state index contributed by atoms with van der Waals surface area (Å²) in [6.45, 7) is 5.92. The first-order chi connectivity index (χ1) is 16.1. The number of imidazole rings is 1. The smallest absolute Gasteiger partial charge is 0.263 e. The van der Waals surface area contributed by atoms with E-state index in [1.807, 2.05) is 24.5 Å². The minimum absolute atomic E-state index is 0.145. The molecule has 33 heavy (non-hydrogen) atoms. The number of piperazine rings is 1. The van der Waals surface area contributed by atoms with Gasteiger partial charge in [-0.25, -0.2) is 4.98 Å². The number of thiocarbonyl (C=S) groups is 1. The second kappa shape index (κ2) is 9.64. The summed E-state index contributed by atoms with van der Waals surface area (Å²) in [6, 6.07) is 14.6. The lowest BCUT2D eigenvalue weighted by Gasteiger charge is -2.36. The van der Waals surface area contributed by atoms with Gasteiger partial charge in [0.05, 0.1) is 22.5 Å². The van der Waals surface area contributed by atoms with Gasteiger partial charge in [-0.3, -0.25) is 14.3 Å². The molecule has 2 aliphatic heterocycles. The second-order valence-corrected chi connectivity index (χ2v) is 9.77. The Kier molecular flexibility index (Phi) is 6.45. The number of aromatic nitrogens is 2. The van der Waals surface area contributed by atoms with Crippen LogP contribution in [0.2, 0.25) is 0 Å². The van der Waals surface area contributed by atoms with Gasteiger partial charge >= 0.3 is 0 Å². The van der Waals surface area contributed by atoms with E-state index in [1.165, 1.54) is 17.4 Å². The molecule has 0 atom stereocenters. The van der Waals surface area contributed by atoms with Crippen molar-refractivity contribution in [1.29, 1.82) is 0 Å². The summed E-state index contributed by atoms with van der Waals surface area (Å²) in [6.07, 6.45) is 3.71. The third-order valence-electron chi connectivity index (χ3n) is 5.99. The number of thioether (sulfide) groups is 1. The van der Waals surface area contributed by atoms with E-state index in [-0.39, 0.29) is 5.91 Å². The van der Waals surface area contributed by atoms with Gasteiger partial charge in [-0.15, -0.1) is 0 Å². The molecule has 3 heterocycles. The summed E-state index contributed by atoms with van der Waals surface area (Å²) in [7, 11) is 1.75. The largest absolute Gasteiger partial charge is 0.383 e. The molecule has 9 heteroatoms. The molecule has 1 amide bonds. The monoisotopic (exact) mass is 479 g/mol. The number of anilines is 1. The summed E-state index contributed by atoms with van der Waals surface area (Å²) in [5.41, 5.74) is 5.14. The molecule has 2 aliphatic rings. The van der Waals surface area contributed by atoms with Gasteiger partial charge in [0, 0.05) is 51.2 Å². The standard InChI is InChI=1S/C24H25N5O2S2/c1-31-13-12-27-8-10-28(11-9-27)18-3-5-19(6-4-18)29-16-25-20-7-2-17(14-21(20)29)15-22-23(30)26-24(32)33-22/h2-7,14-16H,8-13H2,1H3,(H,26,30,32)/b22-15-. The van der Waals surface area contributed by atoms with E-state index in [0.29, 0.717) is 9.23 Å². The molecule has 0 aliphatic carbocycles. The van der Waals surface area contributed by atoms with Crippen LogP contribution in [0.1, 0.15) is 5.56 Å². The van der Waals surface area contributed by atoms with Crippen LogP contribution in [-0.4, -0.2) is 71.1 Å². The maximum Gasteiger partial charge on any atom is 0.263 e. The number of methoxy groups -OCH3 is 1. The SMILES string of the molecule is COCCN1CCN(c2ccc(-n3cnc4ccc(/C=C5\SC(=S)NC5=O)cc43)cc2)CC1. The third kappa shape index (κ3) is 4.81. The summed E-state index contributed by atoms with van der Waals surface area (Å²) in [5.74, 6) is -0.145. The Hall–Kier alpha value is -2.72.